The van der Waals surface area contributed by atoms with Crippen LogP contribution in [-0.2, 0) is 9.84 Å². The molecule has 0 saturated carbocycles. The predicted octanol–water partition coefficient (Wildman–Crippen LogP) is 2.64. The van der Waals surface area contributed by atoms with Gasteiger partial charge in [-0.15, -0.1) is 0 Å². The maximum absolute atomic E-state index is 13.9. The molecule has 0 aliphatic carbocycles. The van der Waals surface area contributed by atoms with Crippen molar-refractivity contribution in [3.63, 3.8) is 0 Å². The summed E-state index contributed by atoms with van der Waals surface area (Å²) < 4.78 is 65.9. The first-order valence-electron chi connectivity index (χ1n) is 7.89. The number of sulfone groups is 1. The zero-order chi connectivity index (χ0) is 19.2. The van der Waals surface area contributed by atoms with Gasteiger partial charge < -0.3 is 10.2 Å². The van der Waals surface area contributed by atoms with Gasteiger partial charge in [-0.25, -0.2) is 13.4 Å². The van der Waals surface area contributed by atoms with Crippen LogP contribution in [0.4, 0.5) is 18.9 Å². The van der Waals surface area contributed by atoms with Gasteiger partial charge in [0.15, 0.2) is 15.7 Å². The molecule has 9 heteroatoms. The van der Waals surface area contributed by atoms with E-state index in [1.54, 1.807) is 42.5 Å². The van der Waals surface area contributed by atoms with Crippen LogP contribution in [0.15, 0.2) is 59.2 Å². The lowest BCUT2D eigenvalue weighted by atomic mass is 10.1. The van der Waals surface area contributed by atoms with Crippen LogP contribution in [0.3, 0.4) is 0 Å². The number of amidine groups is 1. The summed E-state index contributed by atoms with van der Waals surface area (Å²) >= 11 is 0. The van der Waals surface area contributed by atoms with Gasteiger partial charge in [-0.3, -0.25) is 0 Å². The molecular weight excluding hydrogens is 367 g/mol. The van der Waals surface area contributed by atoms with Crippen molar-refractivity contribution in [2.45, 2.75) is 24.0 Å². The number of para-hydroxylation sites is 1. The van der Waals surface area contributed by atoms with E-state index < -0.39 is 27.4 Å². The normalized spacial score (nSPS) is 26.3. The number of hydrogen-bond donors (Lipinski definition) is 1. The summed E-state index contributed by atoms with van der Waals surface area (Å²) in [5.41, 5.74) is 0.782. The summed E-state index contributed by atoms with van der Waals surface area (Å²) in [4.78, 5) is 1.82. The number of dihydropyridines is 1. The lowest BCUT2D eigenvalue weighted by Crippen LogP contribution is -2.53. The number of benzene rings is 1. The average molecular weight is 385 g/mol. The molecule has 0 spiro atoms. The standard InChI is InChI=1S/C17H18F3N3O2S/c1-12-7-6-10-14(21-12)15-22-16(17(18,19)20,26(2,24)25)11-23(15)13-8-4-3-5-9-13/h3-10,12,21H,11H2,1-2H3. The Labute approximate surface area is 149 Å². The average Bonchev–Trinajstić information content (AvgIpc) is 2.97. The minimum Gasteiger partial charge on any atom is -0.376 e. The summed E-state index contributed by atoms with van der Waals surface area (Å²) in [6, 6.07) is 8.19. The molecule has 0 aromatic heterocycles. The maximum atomic E-state index is 13.9. The fraction of sp³-hybridized carbons (Fsp3) is 0.353. The van der Waals surface area contributed by atoms with E-state index in [4.69, 9.17) is 0 Å². The molecule has 1 aromatic carbocycles. The van der Waals surface area contributed by atoms with E-state index >= 15 is 0 Å². The van der Waals surface area contributed by atoms with E-state index in [1.807, 2.05) is 13.0 Å². The molecule has 2 heterocycles. The first-order valence-corrected chi connectivity index (χ1v) is 9.78. The van der Waals surface area contributed by atoms with Gasteiger partial charge in [0.1, 0.15) is 0 Å². The van der Waals surface area contributed by atoms with E-state index in [9.17, 15) is 21.6 Å². The van der Waals surface area contributed by atoms with Crippen LogP contribution in [0.2, 0.25) is 0 Å². The Morgan fingerprint density at radius 1 is 1.27 bits per heavy atom. The minimum absolute atomic E-state index is 0.0462. The second-order valence-electron chi connectivity index (χ2n) is 6.31. The second kappa shape index (κ2) is 6.15. The lowest BCUT2D eigenvalue weighted by Gasteiger charge is -2.29. The molecule has 2 atom stereocenters. The Morgan fingerprint density at radius 2 is 1.92 bits per heavy atom. The molecule has 0 amide bonds. The molecule has 140 valence electrons. The van der Waals surface area contributed by atoms with Gasteiger partial charge in [-0.2, -0.15) is 13.2 Å². The molecule has 5 nitrogen and oxygen atoms in total. The van der Waals surface area contributed by atoms with Crippen molar-refractivity contribution >= 4 is 21.4 Å². The summed E-state index contributed by atoms with van der Waals surface area (Å²) in [5.74, 6) is -0.0462. The monoisotopic (exact) mass is 385 g/mol. The number of anilines is 1. The van der Waals surface area contributed by atoms with E-state index in [1.165, 1.54) is 4.90 Å². The number of alkyl halides is 3. The molecule has 2 unspecified atom stereocenters. The van der Waals surface area contributed by atoms with Gasteiger partial charge in [0, 0.05) is 18.0 Å². The Bertz CT molecular complexity index is 892. The number of allylic oxidation sites excluding steroid dienone is 2. The Hall–Kier alpha value is -2.29. The smallest absolute Gasteiger partial charge is 0.376 e. The second-order valence-corrected chi connectivity index (χ2v) is 8.53. The molecule has 26 heavy (non-hydrogen) atoms. The van der Waals surface area contributed by atoms with Crippen LogP contribution in [-0.4, -0.2) is 44.1 Å². The van der Waals surface area contributed by atoms with Gasteiger partial charge in [0.2, 0.25) is 0 Å². The fourth-order valence-electron chi connectivity index (χ4n) is 2.95. The third-order valence-electron chi connectivity index (χ3n) is 4.33. The van der Waals surface area contributed by atoms with Crippen LogP contribution >= 0.6 is 0 Å². The van der Waals surface area contributed by atoms with Gasteiger partial charge in [-0.1, -0.05) is 30.4 Å². The zero-order valence-corrected chi connectivity index (χ0v) is 15.0. The van der Waals surface area contributed by atoms with E-state index in [-0.39, 0.29) is 11.9 Å². The van der Waals surface area contributed by atoms with Gasteiger partial charge >= 0.3 is 6.18 Å². The van der Waals surface area contributed by atoms with Crippen LogP contribution in [0.25, 0.3) is 0 Å². The van der Waals surface area contributed by atoms with Crippen LogP contribution in [0, 0.1) is 0 Å². The molecule has 0 saturated heterocycles. The molecule has 1 aromatic rings. The highest BCUT2D eigenvalue weighted by Crippen LogP contribution is 2.44. The first kappa shape index (κ1) is 18.5. The number of rotatable bonds is 3. The number of hydrogen-bond acceptors (Lipinski definition) is 5. The Kier molecular flexibility index (Phi) is 4.38. The van der Waals surface area contributed by atoms with Crippen molar-refractivity contribution in [3.05, 3.63) is 54.3 Å². The van der Waals surface area contributed by atoms with Crippen molar-refractivity contribution in [2.24, 2.45) is 4.99 Å². The Morgan fingerprint density at radius 3 is 2.46 bits per heavy atom. The summed E-state index contributed by atoms with van der Waals surface area (Å²) in [6.07, 6.45) is 0.645. The number of nitrogens with one attached hydrogen (secondary N) is 1. The van der Waals surface area contributed by atoms with Crippen LogP contribution < -0.4 is 10.2 Å². The minimum atomic E-state index is -5.05. The quantitative estimate of drug-likeness (QED) is 0.869. The van der Waals surface area contributed by atoms with Crippen molar-refractivity contribution in [1.29, 1.82) is 0 Å². The molecule has 0 fully saturated rings. The molecular formula is C17H18F3N3O2S. The first-order chi connectivity index (χ1) is 12.1. The fourth-order valence-corrected chi connectivity index (χ4v) is 3.98. The van der Waals surface area contributed by atoms with Crippen LogP contribution in [0.1, 0.15) is 6.92 Å². The topological polar surface area (TPSA) is 61.8 Å². The largest absolute Gasteiger partial charge is 0.429 e. The highest BCUT2D eigenvalue weighted by molar-refractivity contribution is 7.92. The van der Waals surface area contributed by atoms with Crippen LogP contribution in [0.5, 0.6) is 0 Å². The van der Waals surface area contributed by atoms with Crippen molar-refractivity contribution in [3.8, 4) is 0 Å². The summed E-state index contributed by atoms with van der Waals surface area (Å²) in [6.45, 7) is 1.01. The number of halogens is 3. The molecule has 2 aliphatic heterocycles. The predicted molar refractivity (Wildman–Crippen MR) is 94.7 cm³/mol. The lowest BCUT2D eigenvalue weighted by molar-refractivity contribution is -0.155. The third kappa shape index (κ3) is 3.00. The summed E-state index contributed by atoms with van der Waals surface area (Å²) in [5, 5.41) is 3.04. The third-order valence-corrected chi connectivity index (χ3v) is 6.00. The molecule has 0 radical (unpaired) electrons. The molecule has 3 rings (SSSR count). The summed E-state index contributed by atoms with van der Waals surface area (Å²) in [7, 11) is -4.58. The van der Waals surface area contributed by atoms with Crippen molar-refractivity contribution in [1.82, 2.24) is 5.32 Å². The van der Waals surface area contributed by atoms with E-state index in [0.717, 1.165) is 0 Å². The van der Waals surface area contributed by atoms with E-state index in [0.29, 0.717) is 17.6 Å². The highest BCUT2D eigenvalue weighted by atomic mass is 32.2. The number of aliphatic imine (C=N–C) groups is 1. The van der Waals surface area contributed by atoms with Gasteiger partial charge in [0.05, 0.1) is 12.2 Å². The highest BCUT2D eigenvalue weighted by Gasteiger charge is 2.66. The molecule has 0 bridgehead atoms. The Balaban J connectivity index is 2.20. The SMILES string of the molecule is CC1C=CC=C(C2=NC(C(F)(F)F)(S(C)(=O)=O)CN2c2ccccc2)N1. The maximum Gasteiger partial charge on any atom is 0.429 e. The molecule has 1 N–H and O–H groups in total. The molecule has 2 aliphatic rings. The number of nitrogens with zero attached hydrogens (tertiary/aromatic N) is 2. The van der Waals surface area contributed by atoms with Gasteiger partial charge in [0.25, 0.3) is 4.87 Å². The van der Waals surface area contributed by atoms with E-state index in [2.05, 4.69) is 10.3 Å². The van der Waals surface area contributed by atoms with Crippen molar-refractivity contribution in [2.75, 3.05) is 17.7 Å². The van der Waals surface area contributed by atoms with Crippen molar-refractivity contribution < 1.29 is 21.6 Å². The van der Waals surface area contributed by atoms with Gasteiger partial charge in [-0.05, 0) is 25.1 Å². The zero-order valence-electron chi connectivity index (χ0n) is 14.2.